The van der Waals surface area contributed by atoms with Crippen molar-refractivity contribution in [1.82, 2.24) is 0 Å². The molecule has 2 atom stereocenters. The zero-order valence-electron chi connectivity index (χ0n) is 12.9. The van der Waals surface area contributed by atoms with Crippen molar-refractivity contribution in [1.29, 1.82) is 0 Å². The Labute approximate surface area is 130 Å². The van der Waals surface area contributed by atoms with Crippen LogP contribution in [0.4, 0.5) is 0 Å². The van der Waals surface area contributed by atoms with Crippen molar-refractivity contribution < 1.29 is 14.3 Å². The molecule has 0 spiro atoms. The van der Waals surface area contributed by atoms with Gasteiger partial charge in [0.1, 0.15) is 17.3 Å². The van der Waals surface area contributed by atoms with E-state index in [0.29, 0.717) is 18.6 Å². The first kappa shape index (κ1) is 14.6. The Morgan fingerprint density at radius 2 is 1.09 bits per heavy atom. The maximum atomic E-state index is 12.0. The molecule has 0 saturated heterocycles. The minimum Gasteiger partial charge on any atom is -0.497 e. The van der Waals surface area contributed by atoms with E-state index >= 15 is 0 Å². The maximum absolute atomic E-state index is 12.0. The molecule has 114 valence electrons. The summed E-state index contributed by atoms with van der Waals surface area (Å²) in [6, 6.07) is 16.1. The molecule has 2 unspecified atom stereocenters. The van der Waals surface area contributed by atoms with Gasteiger partial charge in [-0.1, -0.05) is 24.3 Å². The van der Waals surface area contributed by atoms with Crippen LogP contribution in [0.25, 0.3) is 0 Å². The smallest absolute Gasteiger partial charge is 0.134 e. The quantitative estimate of drug-likeness (QED) is 0.857. The fourth-order valence-corrected chi connectivity index (χ4v) is 3.26. The molecule has 0 N–H and O–H groups in total. The number of Topliss-reactive ketones (excluding diaryl/α,β-unsaturated/α-hetero) is 1. The van der Waals surface area contributed by atoms with E-state index in [1.807, 2.05) is 24.3 Å². The number of hydrogen-bond acceptors (Lipinski definition) is 3. The van der Waals surface area contributed by atoms with E-state index in [2.05, 4.69) is 24.3 Å². The van der Waals surface area contributed by atoms with E-state index in [-0.39, 0.29) is 11.8 Å². The van der Waals surface area contributed by atoms with Gasteiger partial charge in [0.05, 0.1) is 14.2 Å². The van der Waals surface area contributed by atoms with Gasteiger partial charge in [0.25, 0.3) is 0 Å². The molecule has 0 aliphatic heterocycles. The molecule has 2 aromatic rings. The number of carbonyl (C=O) groups excluding carboxylic acids is 1. The van der Waals surface area contributed by atoms with Crippen LogP contribution in [-0.4, -0.2) is 20.0 Å². The van der Waals surface area contributed by atoms with Crippen LogP contribution in [0.3, 0.4) is 0 Å². The van der Waals surface area contributed by atoms with Crippen molar-refractivity contribution in [3.63, 3.8) is 0 Å². The SMILES string of the molecule is COc1ccc(C2CC(=O)CC2c2ccc(OC)cc2)cc1. The standard InChI is InChI=1S/C19H20O3/c1-21-16-7-3-13(4-8-16)18-11-15(20)12-19(18)14-5-9-17(22-2)10-6-14/h3-10,18-19H,11-12H2,1-2H3. The first-order valence-corrected chi connectivity index (χ1v) is 7.51. The molecule has 1 aliphatic carbocycles. The lowest BCUT2D eigenvalue weighted by atomic mass is 9.84. The maximum Gasteiger partial charge on any atom is 0.134 e. The number of ether oxygens (including phenoxy) is 2. The Kier molecular flexibility index (Phi) is 4.14. The molecule has 3 heteroatoms. The fraction of sp³-hybridized carbons (Fsp3) is 0.316. The molecule has 1 saturated carbocycles. The van der Waals surface area contributed by atoms with Gasteiger partial charge in [-0.15, -0.1) is 0 Å². The van der Waals surface area contributed by atoms with Crippen LogP contribution in [0, 0.1) is 0 Å². The average Bonchev–Trinajstić information content (AvgIpc) is 2.97. The van der Waals surface area contributed by atoms with Crippen molar-refractivity contribution in [2.75, 3.05) is 14.2 Å². The highest BCUT2D eigenvalue weighted by molar-refractivity contribution is 5.83. The summed E-state index contributed by atoms with van der Waals surface area (Å²) < 4.78 is 10.4. The molecule has 0 bridgehead atoms. The van der Waals surface area contributed by atoms with Gasteiger partial charge in [-0.3, -0.25) is 4.79 Å². The summed E-state index contributed by atoms with van der Waals surface area (Å²) in [5, 5.41) is 0. The third-order valence-corrected chi connectivity index (χ3v) is 4.47. The number of ketones is 1. The lowest BCUT2D eigenvalue weighted by molar-refractivity contribution is -0.117. The van der Waals surface area contributed by atoms with E-state index in [4.69, 9.17) is 9.47 Å². The van der Waals surface area contributed by atoms with Gasteiger partial charge in [-0.25, -0.2) is 0 Å². The Bertz CT molecular complexity index is 586. The molecular formula is C19H20O3. The van der Waals surface area contributed by atoms with Crippen LogP contribution < -0.4 is 9.47 Å². The van der Waals surface area contributed by atoms with Crippen LogP contribution in [0.1, 0.15) is 35.8 Å². The Morgan fingerprint density at radius 3 is 1.41 bits per heavy atom. The van der Waals surface area contributed by atoms with Gasteiger partial charge in [0.15, 0.2) is 0 Å². The minimum absolute atomic E-state index is 0.242. The highest BCUT2D eigenvalue weighted by Crippen LogP contribution is 2.44. The van der Waals surface area contributed by atoms with Crippen molar-refractivity contribution in [3.8, 4) is 11.5 Å². The zero-order valence-corrected chi connectivity index (χ0v) is 12.9. The Balaban J connectivity index is 1.88. The van der Waals surface area contributed by atoms with Gasteiger partial charge in [-0.05, 0) is 47.2 Å². The molecule has 22 heavy (non-hydrogen) atoms. The van der Waals surface area contributed by atoms with E-state index in [9.17, 15) is 4.79 Å². The molecule has 0 heterocycles. The minimum atomic E-state index is 0.242. The van der Waals surface area contributed by atoms with Crippen molar-refractivity contribution in [2.24, 2.45) is 0 Å². The first-order chi connectivity index (χ1) is 10.7. The molecule has 0 aromatic heterocycles. The number of methoxy groups -OCH3 is 2. The van der Waals surface area contributed by atoms with E-state index in [0.717, 1.165) is 11.5 Å². The van der Waals surface area contributed by atoms with Crippen molar-refractivity contribution in [2.45, 2.75) is 24.7 Å². The summed E-state index contributed by atoms with van der Waals surface area (Å²) >= 11 is 0. The van der Waals surface area contributed by atoms with Crippen LogP contribution in [0.2, 0.25) is 0 Å². The molecule has 1 aliphatic rings. The normalized spacial score (nSPS) is 20.9. The molecule has 0 radical (unpaired) electrons. The van der Waals surface area contributed by atoms with Crippen LogP contribution in [0.15, 0.2) is 48.5 Å². The summed E-state index contributed by atoms with van der Waals surface area (Å²) in [4.78, 5) is 12.0. The zero-order chi connectivity index (χ0) is 15.5. The number of hydrogen-bond donors (Lipinski definition) is 0. The third kappa shape index (κ3) is 2.84. The van der Waals surface area contributed by atoms with Gasteiger partial charge in [0, 0.05) is 12.8 Å². The van der Waals surface area contributed by atoms with Gasteiger partial charge in [-0.2, -0.15) is 0 Å². The highest BCUT2D eigenvalue weighted by Gasteiger charge is 2.34. The van der Waals surface area contributed by atoms with E-state index in [1.165, 1.54) is 11.1 Å². The summed E-state index contributed by atoms with van der Waals surface area (Å²) in [6.07, 6.45) is 1.23. The predicted molar refractivity (Wildman–Crippen MR) is 85.7 cm³/mol. The van der Waals surface area contributed by atoms with Crippen LogP contribution in [0.5, 0.6) is 11.5 Å². The third-order valence-electron chi connectivity index (χ3n) is 4.47. The number of rotatable bonds is 4. The fourth-order valence-electron chi connectivity index (χ4n) is 3.26. The van der Waals surface area contributed by atoms with Gasteiger partial charge >= 0.3 is 0 Å². The second-order valence-corrected chi connectivity index (χ2v) is 5.71. The lowest BCUT2D eigenvalue weighted by Crippen LogP contribution is -2.04. The molecule has 3 rings (SSSR count). The number of benzene rings is 2. The van der Waals surface area contributed by atoms with Crippen molar-refractivity contribution >= 4 is 5.78 Å². The topological polar surface area (TPSA) is 35.5 Å². The molecular weight excluding hydrogens is 276 g/mol. The number of carbonyl (C=O) groups is 1. The largest absolute Gasteiger partial charge is 0.497 e. The Morgan fingerprint density at radius 1 is 0.727 bits per heavy atom. The summed E-state index contributed by atoms with van der Waals surface area (Å²) in [5.41, 5.74) is 2.40. The predicted octanol–water partition coefficient (Wildman–Crippen LogP) is 3.93. The second-order valence-electron chi connectivity index (χ2n) is 5.71. The summed E-state index contributed by atoms with van der Waals surface area (Å²) in [5.74, 6) is 2.50. The summed E-state index contributed by atoms with van der Waals surface area (Å²) in [7, 11) is 3.32. The molecule has 1 fully saturated rings. The molecule has 0 amide bonds. The van der Waals surface area contributed by atoms with Gasteiger partial charge in [0.2, 0.25) is 0 Å². The Hall–Kier alpha value is -2.29. The van der Waals surface area contributed by atoms with Crippen molar-refractivity contribution in [3.05, 3.63) is 59.7 Å². The monoisotopic (exact) mass is 296 g/mol. The summed E-state index contributed by atoms with van der Waals surface area (Å²) in [6.45, 7) is 0. The lowest BCUT2D eigenvalue weighted by Gasteiger charge is -2.20. The van der Waals surface area contributed by atoms with Crippen LogP contribution in [-0.2, 0) is 4.79 Å². The molecule has 2 aromatic carbocycles. The first-order valence-electron chi connectivity index (χ1n) is 7.51. The molecule has 3 nitrogen and oxygen atoms in total. The second kappa shape index (κ2) is 6.22. The van der Waals surface area contributed by atoms with Gasteiger partial charge < -0.3 is 9.47 Å². The highest BCUT2D eigenvalue weighted by atomic mass is 16.5. The van der Waals surface area contributed by atoms with E-state index < -0.39 is 0 Å². The van der Waals surface area contributed by atoms with Crippen LogP contribution >= 0.6 is 0 Å². The average molecular weight is 296 g/mol. The van der Waals surface area contributed by atoms with E-state index in [1.54, 1.807) is 14.2 Å².